The van der Waals surface area contributed by atoms with Gasteiger partial charge in [0, 0.05) is 7.14 Å². The van der Waals surface area contributed by atoms with Gasteiger partial charge in [0.05, 0.1) is 11.1 Å². The van der Waals surface area contributed by atoms with E-state index in [4.69, 9.17) is 0 Å². The second-order valence-electron chi connectivity index (χ2n) is 4.38. The molecule has 0 unspecified atom stereocenters. The maximum atomic E-state index is 12.9. The van der Waals surface area contributed by atoms with Crippen LogP contribution in [0.4, 0.5) is 26.3 Å². The van der Waals surface area contributed by atoms with E-state index in [1.165, 1.54) is 24.3 Å². The Morgan fingerprint density at radius 2 is 0.909 bits per heavy atom. The largest absolute Gasteiger partial charge is 0.417 e. The molecule has 0 N–H and O–H groups in total. The van der Waals surface area contributed by atoms with Crippen molar-refractivity contribution < 1.29 is 26.3 Å². The highest BCUT2D eigenvalue weighted by Gasteiger charge is 2.34. The van der Waals surface area contributed by atoms with Crippen molar-refractivity contribution in [1.29, 1.82) is 0 Å². The maximum Gasteiger partial charge on any atom is 0.417 e. The van der Waals surface area contributed by atoms with Gasteiger partial charge in [0.15, 0.2) is 0 Å². The van der Waals surface area contributed by atoms with Gasteiger partial charge < -0.3 is 0 Å². The molecule has 0 saturated heterocycles. The van der Waals surface area contributed by atoms with E-state index in [0.717, 1.165) is 12.1 Å². The summed E-state index contributed by atoms with van der Waals surface area (Å²) in [5.74, 6) is 0. The lowest BCUT2D eigenvalue weighted by atomic mass is 10.0. The average molecular weight is 542 g/mol. The fourth-order valence-corrected chi connectivity index (χ4v) is 3.13. The van der Waals surface area contributed by atoms with Gasteiger partial charge in [-0.3, -0.25) is 0 Å². The molecule has 2 aromatic carbocycles. The van der Waals surface area contributed by atoms with E-state index in [1.54, 1.807) is 45.2 Å². The molecule has 0 heterocycles. The van der Waals surface area contributed by atoms with E-state index < -0.39 is 23.5 Å². The normalized spacial score (nSPS) is 12.5. The van der Waals surface area contributed by atoms with E-state index in [1.807, 2.05) is 0 Å². The van der Waals surface area contributed by atoms with E-state index in [9.17, 15) is 26.3 Å². The van der Waals surface area contributed by atoms with Crippen molar-refractivity contribution in [3.05, 3.63) is 54.7 Å². The summed E-state index contributed by atoms with van der Waals surface area (Å²) in [6, 6.07) is 6.96. The first kappa shape index (κ1) is 17.8. The lowest BCUT2D eigenvalue weighted by Crippen LogP contribution is -2.09. The van der Waals surface area contributed by atoms with Crippen LogP contribution < -0.4 is 0 Å². The Labute approximate surface area is 149 Å². The van der Waals surface area contributed by atoms with Gasteiger partial charge in [0.25, 0.3) is 0 Å². The second kappa shape index (κ2) is 6.17. The number of halogens is 8. The van der Waals surface area contributed by atoms with Gasteiger partial charge in [-0.15, -0.1) is 0 Å². The molecule has 0 saturated carbocycles. The first-order valence-corrected chi connectivity index (χ1v) is 7.90. The molecule has 0 amide bonds. The summed E-state index contributed by atoms with van der Waals surface area (Å²) in [5, 5.41) is 0. The summed E-state index contributed by atoms with van der Waals surface area (Å²) >= 11 is 3.09. The second-order valence-corrected chi connectivity index (χ2v) is 6.71. The third-order valence-electron chi connectivity index (χ3n) is 2.88. The first-order valence-electron chi connectivity index (χ1n) is 5.74. The molecule has 0 aliphatic rings. The van der Waals surface area contributed by atoms with Crippen LogP contribution in [0.5, 0.6) is 0 Å². The molecule has 0 spiro atoms. The Kier molecular flexibility index (Phi) is 5.00. The Bertz CT molecular complexity index is 642. The summed E-state index contributed by atoms with van der Waals surface area (Å²) in [5.41, 5.74) is -1.54. The molecule has 2 aromatic rings. The number of alkyl halides is 6. The zero-order chi connectivity index (χ0) is 16.7. The van der Waals surface area contributed by atoms with Gasteiger partial charge in [-0.2, -0.15) is 26.3 Å². The van der Waals surface area contributed by atoms with Crippen LogP contribution in [0.15, 0.2) is 36.4 Å². The molecule has 0 nitrogen and oxygen atoms in total. The van der Waals surface area contributed by atoms with Crippen LogP contribution in [-0.2, 0) is 12.4 Å². The number of hydrogen-bond donors (Lipinski definition) is 0. The van der Waals surface area contributed by atoms with E-state index >= 15 is 0 Å². The Morgan fingerprint density at radius 3 is 1.18 bits per heavy atom. The minimum atomic E-state index is -4.55. The van der Waals surface area contributed by atoms with Crippen LogP contribution in [0.1, 0.15) is 11.1 Å². The monoisotopic (exact) mass is 542 g/mol. The fraction of sp³-hybridized carbons (Fsp3) is 0.143. The van der Waals surface area contributed by atoms with Crippen LogP contribution in [-0.4, -0.2) is 0 Å². The minimum Gasteiger partial charge on any atom is -0.166 e. The van der Waals surface area contributed by atoms with Crippen molar-refractivity contribution >= 4 is 45.2 Å². The highest BCUT2D eigenvalue weighted by atomic mass is 127. The summed E-state index contributed by atoms with van der Waals surface area (Å²) < 4.78 is 77.3. The molecular weight excluding hydrogens is 536 g/mol. The Morgan fingerprint density at radius 1 is 0.591 bits per heavy atom. The summed E-state index contributed by atoms with van der Waals surface area (Å²) in [6.45, 7) is 0. The molecule has 2 rings (SSSR count). The third-order valence-corrected chi connectivity index (χ3v) is 4.76. The van der Waals surface area contributed by atoms with Crippen LogP contribution in [0, 0.1) is 7.14 Å². The Hall–Kier alpha value is -0.520. The predicted octanol–water partition coefficient (Wildman–Crippen LogP) is 6.60. The van der Waals surface area contributed by atoms with E-state index in [2.05, 4.69) is 0 Å². The fourth-order valence-electron chi connectivity index (χ4n) is 1.84. The predicted molar refractivity (Wildman–Crippen MR) is 87.3 cm³/mol. The van der Waals surface area contributed by atoms with E-state index in [-0.39, 0.29) is 18.3 Å². The lowest BCUT2D eigenvalue weighted by Gasteiger charge is -2.14. The van der Waals surface area contributed by atoms with Crippen molar-refractivity contribution in [2.24, 2.45) is 0 Å². The van der Waals surface area contributed by atoms with Crippen molar-refractivity contribution in [2.75, 3.05) is 0 Å². The average Bonchev–Trinajstić information content (AvgIpc) is 2.37. The van der Waals surface area contributed by atoms with Gasteiger partial charge in [-0.05, 0) is 80.6 Å². The molecule has 0 atom stereocenters. The molecule has 0 radical (unpaired) electrons. The van der Waals surface area contributed by atoms with E-state index in [0.29, 0.717) is 0 Å². The number of benzene rings is 2. The molecule has 0 aliphatic heterocycles. The van der Waals surface area contributed by atoms with Crippen LogP contribution in [0.3, 0.4) is 0 Å². The lowest BCUT2D eigenvalue weighted by molar-refractivity contribution is -0.139. The van der Waals surface area contributed by atoms with Crippen molar-refractivity contribution in [3.63, 3.8) is 0 Å². The SMILES string of the molecule is FC(F)(F)c1cc(-c2ccc(I)c(C(F)(F)F)c2)ccc1I. The van der Waals surface area contributed by atoms with Crippen molar-refractivity contribution in [3.8, 4) is 11.1 Å². The number of hydrogen-bond acceptors (Lipinski definition) is 0. The highest BCUT2D eigenvalue weighted by Crippen LogP contribution is 2.38. The van der Waals surface area contributed by atoms with Gasteiger partial charge >= 0.3 is 12.4 Å². The minimum absolute atomic E-state index is 0.00425. The third kappa shape index (κ3) is 3.87. The van der Waals surface area contributed by atoms with Crippen LogP contribution in [0.2, 0.25) is 0 Å². The number of rotatable bonds is 1. The zero-order valence-electron chi connectivity index (χ0n) is 10.5. The smallest absolute Gasteiger partial charge is 0.166 e. The summed E-state index contributed by atoms with van der Waals surface area (Å²) in [4.78, 5) is 0. The van der Waals surface area contributed by atoms with Crippen molar-refractivity contribution in [1.82, 2.24) is 0 Å². The molecule has 0 aliphatic carbocycles. The topological polar surface area (TPSA) is 0 Å². The quantitative estimate of drug-likeness (QED) is 0.282. The summed E-state index contributed by atoms with van der Waals surface area (Å²) in [7, 11) is 0. The molecule has 118 valence electrons. The molecule has 22 heavy (non-hydrogen) atoms. The first-order chi connectivity index (χ1) is 10.00. The zero-order valence-corrected chi connectivity index (χ0v) is 14.8. The standard InChI is InChI=1S/C14H6F6I2/c15-13(16,17)9-5-7(1-3-11(9)21)8-2-4-12(22)10(6-8)14(18,19)20/h1-6H. The molecule has 8 heteroatoms. The Balaban J connectivity index is 2.59. The van der Waals surface area contributed by atoms with Gasteiger partial charge in [0.1, 0.15) is 0 Å². The maximum absolute atomic E-state index is 12.9. The highest BCUT2D eigenvalue weighted by molar-refractivity contribution is 14.1. The van der Waals surface area contributed by atoms with Crippen LogP contribution >= 0.6 is 45.2 Å². The molecule has 0 bridgehead atoms. The molecular formula is C14H6F6I2. The van der Waals surface area contributed by atoms with Gasteiger partial charge in [-0.1, -0.05) is 12.1 Å². The van der Waals surface area contributed by atoms with Crippen molar-refractivity contribution in [2.45, 2.75) is 12.4 Å². The summed E-state index contributed by atoms with van der Waals surface area (Å²) in [6.07, 6.45) is -9.11. The van der Waals surface area contributed by atoms with Gasteiger partial charge in [-0.25, -0.2) is 0 Å². The molecule has 0 fully saturated rings. The molecule has 0 aromatic heterocycles. The van der Waals surface area contributed by atoms with Crippen LogP contribution in [0.25, 0.3) is 11.1 Å². The van der Waals surface area contributed by atoms with Gasteiger partial charge in [0.2, 0.25) is 0 Å².